The van der Waals surface area contributed by atoms with Crippen molar-refractivity contribution in [3.8, 4) is 0 Å². The lowest BCUT2D eigenvalue weighted by Crippen LogP contribution is -2.38. The van der Waals surface area contributed by atoms with Crippen molar-refractivity contribution >= 4 is 5.91 Å². The fraction of sp³-hybridized carbons (Fsp3) is 0.917. The number of carbonyl (C=O) groups is 1. The van der Waals surface area contributed by atoms with Crippen molar-refractivity contribution in [2.75, 3.05) is 20.1 Å². The zero-order valence-electron chi connectivity index (χ0n) is 10.5. The average Bonchev–Trinajstić information content (AvgIpc) is 2.25. The molecule has 1 aliphatic rings. The second-order valence-corrected chi connectivity index (χ2v) is 4.95. The van der Waals surface area contributed by atoms with Gasteiger partial charge in [-0.15, -0.1) is 0 Å². The van der Waals surface area contributed by atoms with E-state index < -0.39 is 0 Å². The maximum absolute atomic E-state index is 11.5. The van der Waals surface area contributed by atoms with Crippen molar-refractivity contribution in [1.82, 2.24) is 10.2 Å². The van der Waals surface area contributed by atoms with Crippen molar-refractivity contribution in [2.45, 2.75) is 51.1 Å². The maximum Gasteiger partial charge on any atom is 0.220 e. The predicted octanol–water partition coefficient (Wildman–Crippen LogP) is 0.714. The van der Waals surface area contributed by atoms with Gasteiger partial charge in [-0.3, -0.25) is 4.79 Å². The fourth-order valence-corrected chi connectivity index (χ4v) is 2.17. The summed E-state index contributed by atoms with van der Waals surface area (Å²) >= 11 is 0. The van der Waals surface area contributed by atoms with Crippen LogP contribution < -0.4 is 11.1 Å². The molecule has 2 unspecified atom stereocenters. The molecule has 0 bridgehead atoms. The van der Waals surface area contributed by atoms with E-state index in [1.165, 1.54) is 25.8 Å². The molecule has 1 aliphatic heterocycles. The van der Waals surface area contributed by atoms with E-state index in [2.05, 4.69) is 17.3 Å². The Labute approximate surface area is 98.6 Å². The van der Waals surface area contributed by atoms with Crippen LogP contribution in [0.4, 0.5) is 0 Å². The molecular formula is C12H25N3O. The molecule has 1 amide bonds. The monoisotopic (exact) mass is 227 g/mol. The summed E-state index contributed by atoms with van der Waals surface area (Å²) < 4.78 is 0. The van der Waals surface area contributed by atoms with Gasteiger partial charge in [0.05, 0.1) is 0 Å². The second-order valence-electron chi connectivity index (χ2n) is 4.95. The van der Waals surface area contributed by atoms with Gasteiger partial charge in [0.15, 0.2) is 0 Å². The van der Waals surface area contributed by atoms with Crippen LogP contribution in [0.1, 0.15) is 39.0 Å². The Balaban J connectivity index is 2.15. The van der Waals surface area contributed by atoms with Gasteiger partial charge in [-0.2, -0.15) is 0 Å². The van der Waals surface area contributed by atoms with E-state index in [1.54, 1.807) is 0 Å². The summed E-state index contributed by atoms with van der Waals surface area (Å²) in [7, 11) is 2.16. The molecule has 4 heteroatoms. The molecule has 0 aromatic heterocycles. The Bertz CT molecular complexity index is 218. The number of likely N-dealkylation sites (tertiary alicyclic amines) is 1. The molecule has 0 aromatic carbocycles. The third-order valence-corrected chi connectivity index (χ3v) is 3.25. The van der Waals surface area contributed by atoms with E-state index in [1.807, 2.05) is 6.92 Å². The topological polar surface area (TPSA) is 58.4 Å². The molecule has 16 heavy (non-hydrogen) atoms. The normalized spacial score (nSPS) is 24.1. The van der Waals surface area contributed by atoms with Crippen molar-refractivity contribution in [3.05, 3.63) is 0 Å². The van der Waals surface area contributed by atoms with Gasteiger partial charge in [-0.1, -0.05) is 6.42 Å². The van der Waals surface area contributed by atoms with Crippen LogP contribution in [-0.2, 0) is 4.79 Å². The molecule has 0 aliphatic carbocycles. The van der Waals surface area contributed by atoms with Crippen LogP contribution in [0.15, 0.2) is 0 Å². The Morgan fingerprint density at radius 1 is 1.56 bits per heavy atom. The van der Waals surface area contributed by atoms with Crippen molar-refractivity contribution in [1.29, 1.82) is 0 Å². The molecule has 0 spiro atoms. The largest absolute Gasteiger partial charge is 0.355 e. The van der Waals surface area contributed by atoms with E-state index in [0.29, 0.717) is 19.0 Å². The van der Waals surface area contributed by atoms with Gasteiger partial charge in [0.2, 0.25) is 5.91 Å². The SMILES string of the molecule is CC(N)CNC(=O)CCC1CCCCN1C. The van der Waals surface area contributed by atoms with Gasteiger partial charge in [-0.25, -0.2) is 0 Å². The quantitative estimate of drug-likeness (QED) is 0.727. The maximum atomic E-state index is 11.5. The number of hydrogen-bond acceptors (Lipinski definition) is 3. The number of nitrogens with zero attached hydrogens (tertiary/aromatic N) is 1. The van der Waals surface area contributed by atoms with Crippen LogP contribution in [0.3, 0.4) is 0 Å². The number of piperidine rings is 1. The lowest BCUT2D eigenvalue weighted by molar-refractivity contribution is -0.121. The number of carbonyl (C=O) groups excluding carboxylic acids is 1. The molecule has 94 valence electrons. The smallest absolute Gasteiger partial charge is 0.220 e. The molecular weight excluding hydrogens is 202 g/mol. The Hall–Kier alpha value is -0.610. The van der Waals surface area contributed by atoms with Crippen LogP contribution in [0.5, 0.6) is 0 Å². The van der Waals surface area contributed by atoms with Gasteiger partial charge in [0.25, 0.3) is 0 Å². The highest BCUT2D eigenvalue weighted by Crippen LogP contribution is 2.18. The highest BCUT2D eigenvalue weighted by Gasteiger charge is 2.19. The summed E-state index contributed by atoms with van der Waals surface area (Å²) in [5, 5.41) is 2.85. The zero-order valence-corrected chi connectivity index (χ0v) is 10.5. The first-order valence-electron chi connectivity index (χ1n) is 6.32. The molecule has 1 rings (SSSR count). The van der Waals surface area contributed by atoms with E-state index in [0.717, 1.165) is 6.42 Å². The number of nitrogens with one attached hydrogen (secondary N) is 1. The molecule has 4 nitrogen and oxygen atoms in total. The van der Waals surface area contributed by atoms with E-state index in [4.69, 9.17) is 5.73 Å². The highest BCUT2D eigenvalue weighted by atomic mass is 16.1. The molecule has 0 aromatic rings. The Morgan fingerprint density at radius 2 is 2.31 bits per heavy atom. The summed E-state index contributed by atoms with van der Waals surface area (Å²) in [6.07, 6.45) is 5.43. The molecule has 0 saturated carbocycles. The van der Waals surface area contributed by atoms with Gasteiger partial charge >= 0.3 is 0 Å². The molecule has 0 radical (unpaired) electrons. The number of amides is 1. The first kappa shape index (κ1) is 13.5. The van der Waals surface area contributed by atoms with Gasteiger partial charge in [0.1, 0.15) is 0 Å². The van der Waals surface area contributed by atoms with Gasteiger partial charge in [0, 0.05) is 25.0 Å². The van der Waals surface area contributed by atoms with E-state index in [9.17, 15) is 4.79 Å². The minimum atomic E-state index is 0.0429. The second kappa shape index (κ2) is 6.86. The van der Waals surface area contributed by atoms with Gasteiger partial charge in [-0.05, 0) is 39.8 Å². The third-order valence-electron chi connectivity index (χ3n) is 3.25. The Kier molecular flexibility index (Phi) is 5.77. The van der Waals surface area contributed by atoms with Crippen LogP contribution >= 0.6 is 0 Å². The molecule has 1 heterocycles. The van der Waals surface area contributed by atoms with Crippen LogP contribution in [-0.4, -0.2) is 43.0 Å². The summed E-state index contributed by atoms with van der Waals surface area (Å²) in [5.74, 6) is 0.135. The van der Waals surface area contributed by atoms with Crippen molar-refractivity contribution in [3.63, 3.8) is 0 Å². The average molecular weight is 227 g/mol. The van der Waals surface area contributed by atoms with Crippen LogP contribution in [0.25, 0.3) is 0 Å². The fourth-order valence-electron chi connectivity index (χ4n) is 2.17. The first-order chi connectivity index (χ1) is 7.59. The first-order valence-corrected chi connectivity index (χ1v) is 6.32. The van der Waals surface area contributed by atoms with E-state index >= 15 is 0 Å². The zero-order chi connectivity index (χ0) is 12.0. The Morgan fingerprint density at radius 3 is 2.94 bits per heavy atom. The summed E-state index contributed by atoms with van der Waals surface area (Å²) in [6.45, 7) is 3.65. The number of hydrogen-bond donors (Lipinski definition) is 2. The highest BCUT2D eigenvalue weighted by molar-refractivity contribution is 5.75. The lowest BCUT2D eigenvalue weighted by Gasteiger charge is -2.32. The summed E-state index contributed by atoms with van der Waals surface area (Å²) in [6, 6.07) is 0.635. The summed E-state index contributed by atoms with van der Waals surface area (Å²) in [5.41, 5.74) is 5.58. The number of nitrogens with two attached hydrogens (primary N) is 1. The minimum absolute atomic E-state index is 0.0429. The lowest BCUT2D eigenvalue weighted by atomic mass is 9.98. The van der Waals surface area contributed by atoms with Crippen LogP contribution in [0, 0.1) is 0 Å². The van der Waals surface area contributed by atoms with Gasteiger partial charge < -0.3 is 16.0 Å². The molecule has 1 fully saturated rings. The minimum Gasteiger partial charge on any atom is -0.355 e. The molecule has 3 N–H and O–H groups in total. The van der Waals surface area contributed by atoms with E-state index in [-0.39, 0.29) is 11.9 Å². The summed E-state index contributed by atoms with van der Waals surface area (Å²) in [4.78, 5) is 13.9. The van der Waals surface area contributed by atoms with Crippen molar-refractivity contribution in [2.24, 2.45) is 5.73 Å². The van der Waals surface area contributed by atoms with Crippen LogP contribution in [0.2, 0.25) is 0 Å². The predicted molar refractivity (Wildman–Crippen MR) is 66.2 cm³/mol. The van der Waals surface area contributed by atoms with Crippen molar-refractivity contribution < 1.29 is 4.79 Å². The molecule has 2 atom stereocenters. The number of rotatable bonds is 5. The standard InChI is InChI=1S/C12H25N3O/c1-10(13)9-14-12(16)7-6-11-5-3-4-8-15(11)2/h10-11H,3-9,13H2,1-2H3,(H,14,16). The molecule has 1 saturated heterocycles. The third kappa shape index (κ3) is 4.94.